The lowest BCUT2D eigenvalue weighted by Gasteiger charge is -2.35. The van der Waals surface area contributed by atoms with Crippen LogP contribution in [0.3, 0.4) is 0 Å². The summed E-state index contributed by atoms with van der Waals surface area (Å²) in [5.74, 6) is -1.09. The van der Waals surface area contributed by atoms with Gasteiger partial charge in [-0.15, -0.1) is 0 Å². The SMILES string of the molecule is CCOc1cc([N+](=O)[O-])c(C(=O)OCC(=O)N2C[C@@H](C)O[C@@H](C)C2)cc1OC. The van der Waals surface area contributed by atoms with Gasteiger partial charge in [0.2, 0.25) is 0 Å². The molecule has 0 saturated carbocycles. The lowest BCUT2D eigenvalue weighted by molar-refractivity contribution is -0.385. The molecule has 1 heterocycles. The lowest BCUT2D eigenvalue weighted by atomic mass is 10.1. The maximum Gasteiger partial charge on any atom is 0.345 e. The van der Waals surface area contributed by atoms with E-state index in [4.69, 9.17) is 18.9 Å². The molecule has 0 unspecified atom stereocenters. The van der Waals surface area contributed by atoms with Crippen LogP contribution in [0.4, 0.5) is 5.69 Å². The number of hydrogen-bond acceptors (Lipinski definition) is 8. The van der Waals surface area contributed by atoms with Crippen molar-refractivity contribution in [1.82, 2.24) is 4.90 Å². The van der Waals surface area contributed by atoms with Crippen LogP contribution in [0.25, 0.3) is 0 Å². The van der Waals surface area contributed by atoms with Crippen molar-refractivity contribution in [3.63, 3.8) is 0 Å². The van der Waals surface area contributed by atoms with Crippen molar-refractivity contribution >= 4 is 17.6 Å². The Morgan fingerprint density at radius 2 is 1.89 bits per heavy atom. The van der Waals surface area contributed by atoms with Gasteiger partial charge in [0.1, 0.15) is 5.56 Å². The van der Waals surface area contributed by atoms with Gasteiger partial charge in [0.15, 0.2) is 18.1 Å². The molecule has 2 rings (SSSR count). The van der Waals surface area contributed by atoms with Crippen molar-refractivity contribution in [1.29, 1.82) is 0 Å². The maximum absolute atomic E-state index is 12.4. The molecule has 10 heteroatoms. The molecule has 1 saturated heterocycles. The molecule has 1 fully saturated rings. The van der Waals surface area contributed by atoms with Crippen molar-refractivity contribution in [2.75, 3.05) is 33.4 Å². The van der Waals surface area contributed by atoms with Gasteiger partial charge in [-0.3, -0.25) is 14.9 Å². The van der Waals surface area contributed by atoms with Crippen molar-refractivity contribution in [3.05, 3.63) is 27.8 Å². The number of nitro benzene ring substituents is 1. The van der Waals surface area contributed by atoms with Crippen molar-refractivity contribution in [3.8, 4) is 11.5 Å². The van der Waals surface area contributed by atoms with Gasteiger partial charge in [-0.2, -0.15) is 0 Å². The molecule has 0 spiro atoms. The highest BCUT2D eigenvalue weighted by molar-refractivity contribution is 5.96. The smallest absolute Gasteiger partial charge is 0.345 e. The lowest BCUT2D eigenvalue weighted by Crippen LogP contribution is -2.49. The Morgan fingerprint density at radius 3 is 2.43 bits per heavy atom. The number of ether oxygens (including phenoxy) is 4. The average Bonchev–Trinajstić information content (AvgIpc) is 2.64. The second-order valence-electron chi connectivity index (χ2n) is 6.34. The summed E-state index contributed by atoms with van der Waals surface area (Å²) in [6.07, 6.45) is -0.250. The van der Waals surface area contributed by atoms with Crippen LogP contribution in [0.15, 0.2) is 12.1 Å². The number of carbonyl (C=O) groups is 2. The fourth-order valence-corrected chi connectivity index (χ4v) is 2.97. The number of amides is 1. The van der Waals surface area contributed by atoms with Gasteiger partial charge in [-0.05, 0) is 20.8 Å². The molecule has 2 atom stereocenters. The molecule has 0 N–H and O–H groups in total. The van der Waals surface area contributed by atoms with E-state index >= 15 is 0 Å². The van der Waals surface area contributed by atoms with Crippen molar-refractivity contribution in [2.24, 2.45) is 0 Å². The Morgan fingerprint density at radius 1 is 1.25 bits per heavy atom. The van der Waals surface area contributed by atoms with E-state index in [0.29, 0.717) is 13.1 Å². The quantitative estimate of drug-likeness (QED) is 0.389. The third kappa shape index (κ3) is 5.10. The molecule has 0 aromatic heterocycles. The number of carbonyl (C=O) groups excluding carboxylic acids is 2. The molecule has 1 aliphatic heterocycles. The molecule has 1 aromatic carbocycles. The number of nitro groups is 1. The van der Waals surface area contributed by atoms with E-state index in [0.717, 1.165) is 6.07 Å². The fourth-order valence-electron chi connectivity index (χ4n) is 2.97. The van der Waals surface area contributed by atoms with E-state index in [9.17, 15) is 19.7 Å². The van der Waals surface area contributed by atoms with Crippen LogP contribution in [0.5, 0.6) is 11.5 Å². The van der Waals surface area contributed by atoms with Crippen LogP contribution in [-0.4, -0.2) is 67.3 Å². The summed E-state index contributed by atoms with van der Waals surface area (Å²) in [5, 5.41) is 11.4. The molecular weight excluding hydrogens is 372 g/mol. The summed E-state index contributed by atoms with van der Waals surface area (Å²) < 4.78 is 21.0. The van der Waals surface area contributed by atoms with Gasteiger partial charge in [0, 0.05) is 19.2 Å². The monoisotopic (exact) mass is 396 g/mol. The van der Waals surface area contributed by atoms with Crippen LogP contribution in [0.1, 0.15) is 31.1 Å². The third-order valence-corrected chi connectivity index (χ3v) is 4.10. The first-order chi connectivity index (χ1) is 13.3. The zero-order valence-electron chi connectivity index (χ0n) is 16.3. The van der Waals surface area contributed by atoms with Crippen LogP contribution in [0.2, 0.25) is 0 Å². The highest BCUT2D eigenvalue weighted by Gasteiger charge is 2.29. The summed E-state index contributed by atoms with van der Waals surface area (Å²) in [6, 6.07) is 2.28. The molecule has 10 nitrogen and oxygen atoms in total. The van der Waals surface area contributed by atoms with Crippen molar-refractivity contribution in [2.45, 2.75) is 33.0 Å². The predicted octanol–water partition coefficient (Wildman–Crippen LogP) is 1.79. The molecule has 1 amide bonds. The van der Waals surface area contributed by atoms with Crippen LogP contribution in [-0.2, 0) is 14.3 Å². The first kappa shape index (κ1) is 21.4. The van der Waals surface area contributed by atoms with E-state index in [-0.39, 0.29) is 35.9 Å². The van der Waals surface area contributed by atoms with E-state index in [1.807, 2.05) is 13.8 Å². The van der Waals surface area contributed by atoms with Gasteiger partial charge in [-0.1, -0.05) is 0 Å². The minimum atomic E-state index is -0.990. The number of hydrogen-bond donors (Lipinski definition) is 0. The zero-order chi connectivity index (χ0) is 20.8. The number of esters is 1. The normalized spacial score (nSPS) is 19.1. The van der Waals surface area contributed by atoms with Gasteiger partial charge < -0.3 is 23.8 Å². The van der Waals surface area contributed by atoms with E-state index < -0.39 is 29.1 Å². The van der Waals surface area contributed by atoms with Crippen LogP contribution in [0, 0.1) is 10.1 Å². The Bertz CT molecular complexity index is 741. The summed E-state index contributed by atoms with van der Waals surface area (Å²) in [4.78, 5) is 36.9. The first-order valence-corrected chi connectivity index (χ1v) is 8.86. The minimum absolute atomic E-state index is 0.125. The number of rotatable bonds is 7. The number of methoxy groups -OCH3 is 1. The summed E-state index contributed by atoms with van der Waals surface area (Å²) >= 11 is 0. The average molecular weight is 396 g/mol. The Balaban J connectivity index is 2.14. The summed E-state index contributed by atoms with van der Waals surface area (Å²) in [5.41, 5.74) is -0.808. The Labute approximate surface area is 162 Å². The maximum atomic E-state index is 12.4. The van der Waals surface area contributed by atoms with E-state index in [1.165, 1.54) is 13.2 Å². The number of morpholine rings is 1. The van der Waals surface area contributed by atoms with Crippen LogP contribution < -0.4 is 9.47 Å². The highest BCUT2D eigenvalue weighted by Crippen LogP contribution is 2.35. The molecule has 0 radical (unpaired) electrons. The molecule has 154 valence electrons. The predicted molar refractivity (Wildman–Crippen MR) is 97.7 cm³/mol. The van der Waals surface area contributed by atoms with Crippen LogP contribution >= 0.6 is 0 Å². The largest absolute Gasteiger partial charge is 0.493 e. The second kappa shape index (κ2) is 9.36. The molecule has 0 aliphatic carbocycles. The minimum Gasteiger partial charge on any atom is -0.493 e. The summed E-state index contributed by atoms with van der Waals surface area (Å²) in [7, 11) is 1.35. The second-order valence-corrected chi connectivity index (χ2v) is 6.34. The Hall–Kier alpha value is -2.88. The first-order valence-electron chi connectivity index (χ1n) is 8.86. The highest BCUT2D eigenvalue weighted by atomic mass is 16.6. The standard InChI is InChI=1S/C18H24N2O8/c1-5-26-16-7-14(20(23)24)13(6-15(16)25-4)18(22)27-10-17(21)19-8-11(2)28-12(3)9-19/h6-7,11-12H,5,8-10H2,1-4H3/t11-,12+. The molecule has 1 aromatic rings. The number of nitrogens with zero attached hydrogens (tertiary/aromatic N) is 2. The number of benzene rings is 1. The van der Waals surface area contributed by atoms with E-state index in [1.54, 1.807) is 11.8 Å². The molecule has 1 aliphatic rings. The summed E-state index contributed by atoms with van der Waals surface area (Å²) in [6.45, 7) is 5.92. The van der Waals surface area contributed by atoms with Crippen molar-refractivity contribution < 1.29 is 33.5 Å². The van der Waals surface area contributed by atoms with Gasteiger partial charge in [0.25, 0.3) is 11.6 Å². The topological polar surface area (TPSA) is 117 Å². The van der Waals surface area contributed by atoms with Gasteiger partial charge in [-0.25, -0.2) is 4.79 Å². The zero-order valence-corrected chi connectivity index (χ0v) is 16.3. The third-order valence-electron chi connectivity index (χ3n) is 4.10. The van der Waals surface area contributed by atoms with E-state index in [2.05, 4.69) is 0 Å². The molecule has 28 heavy (non-hydrogen) atoms. The molecular formula is C18H24N2O8. The molecule has 0 bridgehead atoms. The fraction of sp³-hybridized carbons (Fsp3) is 0.556. The van der Waals surface area contributed by atoms with Gasteiger partial charge >= 0.3 is 5.97 Å². The Kier molecular flexibility index (Phi) is 7.16. The van der Waals surface area contributed by atoms with Gasteiger partial charge in [0.05, 0.1) is 36.9 Å².